The molecule has 3 aromatic rings. The van der Waals surface area contributed by atoms with Gasteiger partial charge in [0.05, 0.1) is 34.9 Å². The minimum absolute atomic E-state index is 0.0900. The fraction of sp³-hybridized carbons (Fsp3) is 0.485. The van der Waals surface area contributed by atoms with Gasteiger partial charge in [-0.05, 0) is 79.7 Å². The number of methoxy groups -OCH3 is 1. The van der Waals surface area contributed by atoms with Crippen molar-refractivity contribution in [3.8, 4) is 11.5 Å². The molecule has 1 fully saturated rings. The number of halogens is 1. The second kappa shape index (κ2) is 16.1. The first-order valence-corrected chi connectivity index (χ1v) is 18.6. The van der Waals surface area contributed by atoms with Gasteiger partial charge in [-0.25, -0.2) is 18.2 Å². The van der Waals surface area contributed by atoms with Crippen LogP contribution in [0.3, 0.4) is 0 Å². The zero-order chi connectivity index (χ0) is 35.9. The van der Waals surface area contributed by atoms with Crippen LogP contribution in [0.15, 0.2) is 41.0 Å². The van der Waals surface area contributed by atoms with Crippen LogP contribution in [-0.2, 0) is 21.2 Å². The Morgan fingerprint density at radius 1 is 1.06 bits per heavy atom. The molecular weight excluding hydrogens is 718 g/mol. The minimum atomic E-state index is -3.62. The molecule has 1 amide bonds. The summed E-state index contributed by atoms with van der Waals surface area (Å²) in [4.78, 5) is 25.7. The molecule has 0 atom stereocenters. The number of phenols is 1. The van der Waals surface area contributed by atoms with Crippen molar-refractivity contribution in [3.05, 3.63) is 46.6 Å². The summed E-state index contributed by atoms with van der Waals surface area (Å²) in [7, 11) is -0.633. The number of aryl methyl sites for hydroxylation is 1. The monoisotopic (exact) mass is 763 g/mol. The summed E-state index contributed by atoms with van der Waals surface area (Å²) >= 11 is 3.47. The Labute approximate surface area is 296 Å². The van der Waals surface area contributed by atoms with Crippen LogP contribution in [0.1, 0.15) is 45.6 Å². The van der Waals surface area contributed by atoms with Gasteiger partial charge in [0.15, 0.2) is 0 Å². The molecule has 2 heterocycles. The van der Waals surface area contributed by atoms with Gasteiger partial charge in [-0.1, -0.05) is 6.42 Å². The van der Waals surface area contributed by atoms with Crippen LogP contribution in [0.5, 0.6) is 11.5 Å². The highest BCUT2D eigenvalue weighted by Gasteiger charge is 2.27. The lowest BCUT2D eigenvalue weighted by Gasteiger charge is -2.37. The van der Waals surface area contributed by atoms with Crippen LogP contribution >= 0.6 is 15.9 Å². The van der Waals surface area contributed by atoms with Crippen molar-refractivity contribution in [2.45, 2.75) is 52.1 Å². The SMILES string of the molecule is COc1cc(N2CCN(C(=O)OC(C)(C)C)CC2)c(CCCCCO)cc1Nc1ncc(Br)c(Nc2ccc(O)cc2N(C)S(C)(=O)=O)n1. The Morgan fingerprint density at radius 3 is 2.41 bits per heavy atom. The number of hydrogen-bond donors (Lipinski definition) is 4. The van der Waals surface area contributed by atoms with Gasteiger partial charge in [0.25, 0.3) is 0 Å². The number of benzene rings is 2. The topological polar surface area (TPSA) is 170 Å². The Kier molecular flexibility index (Phi) is 12.4. The van der Waals surface area contributed by atoms with E-state index in [1.54, 1.807) is 24.3 Å². The number of hydrogen-bond acceptors (Lipinski definition) is 12. The number of nitrogens with zero attached hydrogens (tertiary/aromatic N) is 5. The first-order chi connectivity index (χ1) is 23.1. The number of carbonyl (C=O) groups is 1. The number of sulfonamides is 1. The summed E-state index contributed by atoms with van der Waals surface area (Å²) < 4.78 is 37.6. The van der Waals surface area contributed by atoms with Gasteiger partial charge >= 0.3 is 6.09 Å². The fourth-order valence-electron chi connectivity index (χ4n) is 5.26. The van der Waals surface area contributed by atoms with Crippen molar-refractivity contribution in [1.29, 1.82) is 0 Å². The number of unbranched alkanes of at least 4 members (excludes halogenated alkanes) is 2. The minimum Gasteiger partial charge on any atom is -0.508 e. The number of aliphatic hydroxyl groups is 1. The number of phenolic OH excluding ortho intramolecular Hbond substituents is 1. The molecule has 0 spiro atoms. The highest BCUT2D eigenvalue weighted by molar-refractivity contribution is 9.10. The highest BCUT2D eigenvalue weighted by Crippen LogP contribution is 2.38. The quantitative estimate of drug-likeness (QED) is 0.126. The standard InChI is InChI=1S/C33H46BrN7O7S/c1-33(2,3)48-32(44)41-15-13-40(14-16-41)27-20-29(47-5)26(18-22(27)10-8-7-9-17-42)37-31-35-21-24(34)30(38-31)36-25-12-11-23(43)19-28(25)39(4)49(6,45)46/h11-12,18-21,42-43H,7-10,13-17H2,1-6H3,(H2,35,36,37,38). The number of carbonyl (C=O) groups excluding carboxylic acids is 1. The van der Waals surface area contributed by atoms with Crippen molar-refractivity contribution >= 4 is 66.6 Å². The summed E-state index contributed by atoms with van der Waals surface area (Å²) in [6.07, 6.45) is 5.54. The Morgan fingerprint density at radius 2 is 1.78 bits per heavy atom. The number of piperazine rings is 1. The van der Waals surface area contributed by atoms with Gasteiger partial charge in [0, 0.05) is 63.9 Å². The summed E-state index contributed by atoms with van der Waals surface area (Å²) in [5.74, 6) is 1.09. The van der Waals surface area contributed by atoms with E-state index < -0.39 is 15.6 Å². The molecule has 2 aromatic carbocycles. The Bertz CT molecular complexity index is 1730. The van der Waals surface area contributed by atoms with Crippen molar-refractivity contribution in [2.24, 2.45) is 0 Å². The molecule has 16 heteroatoms. The molecule has 0 bridgehead atoms. The van der Waals surface area contributed by atoms with Crippen LogP contribution in [0.4, 0.5) is 39.3 Å². The molecule has 1 aromatic heterocycles. The average molecular weight is 765 g/mol. The van der Waals surface area contributed by atoms with E-state index in [1.165, 1.54) is 19.2 Å². The Balaban J connectivity index is 1.61. The van der Waals surface area contributed by atoms with Gasteiger partial charge in [-0.3, -0.25) is 4.31 Å². The molecule has 4 N–H and O–H groups in total. The highest BCUT2D eigenvalue weighted by atomic mass is 79.9. The van der Waals surface area contributed by atoms with Gasteiger partial charge in [0.2, 0.25) is 16.0 Å². The number of aromatic nitrogens is 2. The maximum absolute atomic E-state index is 12.7. The zero-order valence-corrected chi connectivity index (χ0v) is 31.2. The van der Waals surface area contributed by atoms with E-state index in [4.69, 9.17) is 9.47 Å². The number of rotatable bonds is 13. The predicted molar refractivity (Wildman–Crippen MR) is 195 cm³/mol. The summed E-state index contributed by atoms with van der Waals surface area (Å²) in [6, 6.07) is 8.36. The lowest BCUT2D eigenvalue weighted by atomic mass is 10.0. The third-order valence-corrected chi connectivity index (χ3v) is 9.61. The van der Waals surface area contributed by atoms with E-state index in [0.29, 0.717) is 53.6 Å². The van der Waals surface area contributed by atoms with Gasteiger partial charge < -0.3 is 40.1 Å². The molecule has 49 heavy (non-hydrogen) atoms. The molecule has 1 aliphatic rings. The smallest absolute Gasteiger partial charge is 0.410 e. The number of ether oxygens (including phenoxy) is 2. The van der Waals surface area contributed by atoms with E-state index in [9.17, 15) is 23.4 Å². The number of nitrogens with one attached hydrogen (secondary N) is 2. The van der Waals surface area contributed by atoms with Crippen LogP contribution in [-0.4, -0.2) is 98.4 Å². The molecule has 0 saturated carbocycles. The molecule has 0 unspecified atom stereocenters. The maximum atomic E-state index is 12.7. The van der Waals surface area contributed by atoms with Crippen molar-refractivity contribution < 1.29 is 32.9 Å². The van der Waals surface area contributed by atoms with E-state index in [-0.39, 0.29) is 30.1 Å². The lowest BCUT2D eigenvalue weighted by Crippen LogP contribution is -2.50. The largest absolute Gasteiger partial charge is 0.508 e. The third-order valence-electron chi connectivity index (χ3n) is 7.84. The number of aliphatic hydroxyl groups excluding tert-OH is 1. The molecule has 268 valence electrons. The first-order valence-electron chi connectivity index (χ1n) is 16.0. The normalized spacial score (nSPS) is 13.6. The lowest BCUT2D eigenvalue weighted by molar-refractivity contribution is 0.0240. The van der Waals surface area contributed by atoms with Crippen molar-refractivity contribution in [1.82, 2.24) is 14.9 Å². The van der Waals surface area contributed by atoms with Crippen molar-refractivity contribution in [2.75, 3.05) is 73.0 Å². The molecule has 1 aliphatic heterocycles. The van der Waals surface area contributed by atoms with Crippen LogP contribution < -0.4 is 24.6 Å². The van der Waals surface area contributed by atoms with Crippen LogP contribution in [0.2, 0.25) is 0 Å². The molecule has 4 rings (SSSR count). The number of aromatic hydroxyl groups is 1. The molecule has 1 saturated heterocycles. The summed E-state index contributed by atoms with van der Waals surface area (Å²) in [6.45, 7) is 8.00. The van der Waals surface area contributed by atoms with Crippen LogP contribution in [0, 0.1) is 0 Å². The number of anilines is 6. The predicted octanol–water partition coefficient (Wildman–Crippen LogP) is 5.60. The Hall–Kier alpha value is -4.02. The summed E-state index contributed by atoms with van der Waals surface area (Å²) in [5, 5.41) is 25.8. The number of amides is 1. The van der Waals surface area contributed by atoms with E-state index in [2.05, 4.69) is 41.4 Å². The van der Waals surface area contributed by atoms with E-state index in [0.717, 1.165) is 47.5 Å². The molecular formula is C33H46BrN7O7S. The van der Waals surface area contributed by atoms with Gasteiger partial charge in [-0.2, -0.15) is 4.98 Å². The summed E-state index contributed by atoms with van der Waals surface area (Å²) in [5.41, 5.74) is 2.79. The molecule has 0 aliphatic carbocycles. The molecule has 14 nitrogen and oxygen atoms in total. The first kappa shape index (κ1) is 37.8. The van der Waals surface area contributed by atoms with Gasteiger partial charge in [-0.15, -0.1) is 0 Å². The van der Waals surface area contributed by atoms with Crippen molar-refractivity contribution in [3.63, 3.8) is 0 Å². The van der Waals surface area contributed by atoms with E-state index in [1.807, 2.05) is 32.9 Å². The third kappa shape index (κ3) is 10.2. The molecule has 0 radical (unpaired) electrons. The van der Waals surface area contributed by atoms with Gasteiger partial charge in [0.1, 0.15) is 22.9 Å². The van der Waals surface area contributed by atoms with Crippen LogP contribution in [0.25, 0.3) is 0 Å². The second-order valence-corrected chi connectivity index (χ2v) is 15.6. The zero-order valence-electron chi connectivity index (χ0n) is 28.8. The average Bonchev–Trinajstić information content (AvgIpc) is 3.04. The second-order valence-electron chi connectivity index (χ2n) is 12.7. The maximum Gasteiger partial charge on any atom is 0.410 e. The fourth-order valence-corrected chi connectivity index (χ4v) is 6.06. The van der Waals surface area contributed by atoms with E-state index >= 15 is 0 Å².